The summed E-state index contributed by atoms with van der Waals surface area (Å²) in [6.07, 6.45) is 1.79. The zero-order valence-electron chi connectivity index (χ0n) is 18.3. The van der Waals surface area contributed by atoms with Crippen LogP contribution in [0.15, 0.2) is 48.5 Å². The Labute approximate surface area is 188 Å². The number of hydrogen-bond donors (Lipinski definition) is 1. The lowest BCUT2D eigenvalue weighted by atomic mass is 10.0. The molecular weight excluding hydrogens is 402 g/mol. The molecule has 1 fully saturated rings. The van der Waals surface area contributed by atoms with E-state index in [9.17, 15) is 5.26 Å². The summed E-state index contributed by atoms with van der Waals surface area (Å²) in [5, 5.41) is 9.41. The summed E-state index contributed by atoms with van der Waals surface area (Å²) in [5.74, 6) is 2.49. The molecule has 4 rings (SSSR count). The molecule has 1 aromatic heterocycles. The molecular formula is C25H27N5O2. The first-order chi connectivity index (χ1) is 15.7. The fourth-order valence-electron chi connectivity index (χ4n) is 3.76. The Morgan fingerprint density at radius 1 is 1.09 bits per heavy atom. The van der Waals surface area contributed by atoms with Crippen molar-refractivity contribution in [2.24, 2.45) is 5.73 Å². The average Bonchev–Trinajstić information content (AvgIpc) is 3.09. The van der Waals surface area contributed by atoms with Gasteiger partial charge in [0.25, 0.3) is 0 Å². The number of aryl methyl sites for hydroxylation is 1. The number of nitrogens with two attached hydrogens (primary N) is 1. The Hall–Kier alpha value is -3.47. The van der Waals surface area contributed by atoms with Crippen LogP contribution in [0.1, 0.15) is 23.4 Å². The second-order valence-electron chi connectivity index (χ2n) is 7.72. The van der Waals surface area contributed by atoms with Gasteiger partial charge in [-0.05, 0) is 55.6 Å². The first-order valence-corrected chi connectivity index (χ1v) is 10.9. The highest BCUT2D eigenvalue weighted by atomic mass is 16.5. The van der Waals surface area contributed by atoms with Crippen molar-refractivity contribution in [2.75, 3.05) is 37.7 Å². The van der Waals surface area contributed by atoms with Crippen LogP contribution in [0, 0.1) is 18.3 Å². The van der Waals surface area contributed by atoms with Gasteiger partial charge in [-0.1, -0.05) is 24.3 Å². The maximum absolute atomic E-state index is 9.41. The van der Waals surface area contributed by atoms with Crippen LogP contribution < -0.4 is 15.4 Å². The van der Waals surface area contributed by atoms with Crippen LogP contribution >= 0.6 is 0 Å². The molecule has 3 aromatic rings. The van der Waals surface area contributed by atoms with E-state index in [-0.39, 0.29) is 0 Å². The average molecular weight is 430 g/mol. The Morgan fingerprint density at radius 3 is 2.72 bits per heavy atom. The van der Waals surface area contributed by atoms with E-state index in [1.165, 1.54) is 5.56 Å². The van der Waals surface area contributed by atoms with Crippen LogP contribution in [0.5, 0.6) is 11.6 Å². The van der Waals surface area contributed by atoms with E-state index in [2.05, 4.69) is 33.1 Å². The van der Waals surface area contributed by atoms with Crippen molar-refractivity contribution in [1.29, 1.82) is 5.26 Å². The maximum Gasteiger partial charge on any atom is 0.224 e. The van der Waals surface area contributed by atoms with E-state index in [1.54, 1.807) is 12.1 Å². The van der Waals surface area contributed by atoms with Crippen molar-refractivity contribution >= 4 is 5.82 Å². The zero-order valence-corrected chi connectivity index (χ0v) is 18.3. The standard InChI is InChI=1S/C25H27N5O2/c1-18-28-24(30-11-2-13-31-14-12-30)16-25(29-18)32-23-15-20(17-27)5-8-22(23)21-6-3-19(4-7-21)9-10-26/h3-8,15-16H,2,9-14,26H2,1H3. The molecule has 0 saturated carbocycles. The van der Waals surface area contributed by atoms with Crippen LogP contribution in [0.2, 0.25) is 0 Å². The van der Waals surface area contributed by atoms with E-state index >= 15 is 0 Å². The summed E-state index contributed by atoms with van der Waals surface area (Å²) in [6.45, 7) is 5.56. The quantitative estimate of drug-likeness (QED) is 0.636. The maximum atomic E-state index is 9.41. The van der Waals surface area contributed by atoms with Gasteiger partial charge >= 0.3 is 0 Å². The lowest BCUT2D eigenvalue weighted by molar-refractivity contribution is 0.152. The molecule has 2 N–H and O–H groups in total. The molecule has 1 aliphatic rings. The molecule has 164 valence electrons. The highest BCUT2D eigenvalue weighted by Gasteiger charge is 2.16. The van der Waals surface area contributed by atoms with Crippen molar-refractivity contribution in [1.82, 2.24) is 9.97 Å². The van der Waals surface area contributed by atoms with Crippen molar-refractivity contribution in [3.8, 4) is 28.8 Å². The Bertz CT molecular complexity index is 1100. The third kappa shape index (κ3) is 5.22. The molecule has 0 spiro atoms. The van der Waals surface area contributed by atoms with Gasteiger partial charge in [-0.15, -0.1) is 0 Å². The summed E-state index contributed by atoms with van der Waals surface area (Å²) >= 11 is 0. The van der Waals surface area contributed by atoms with E-state index < -0.39 is 0 Å². The molecule has 7 heteroatoms. The van der Waals surface area contributed by atoms with Gasteiger partial charge in [-0.25, -0.2) is 4.98 Å². The van der Waals surface area contributed by atoms with Gasteiger partial charge in [0.05, 0.1) is 18.2 Å². The zero-order chi connectivity index (χ0) is 22.3. The number of benzene rings is 2. The molecule has 1 saturated heterocycles. The minimum atomic E-state index is 0.453. The molecule has 0 aliphatic carbocycles. The van der Waals surface area contributed by atoms with E-state index in [0.29, 0.717) is 36.2 Å². The van der Waals surface area contributed by atoms with Crippen molar-refractivity contribution in [3.05, 3.63) is 65.5 Å². The molecule has 7 nitrogen and oxygen atoms in total. The van der Waals surface area contributed by atoms with Crippen LogP contribution in [-0.2, 0) is 11.2 Å². The second kappa shape index (κ2) is 10.2. The van der Waals surface area contributed by atoms with Gasteiger partial charge in [0, 0.05) is 31.3 Å². The fourth-order valence-corrected chi connectivity index (χ4v) is 3.76. The number of anilines is 1. The third-order valence-electron chi connectivity index (χ3n) is 5.37. The monoisotopic (exact) mass is 429 g/mol. The number of nitriles is 1. The summed E-state index contributed by atoms with van der Waals surface area (Å²) in [5.41, 5.74) is 9.27. The van der Waals surface area contributed by atoms with Gasteiger partial charge in [0.2, 0.25) is 5.88 Å². The topological polar surface area (TPSA) is 97.3 Å². The highest BCUT2D eigenvalue weighted by Crippen LogP contribution is 2.34. The molecule has 32 heavy (non-hydrogen) atoms. The van der Waals surface area contributed by atoms with E-state index in [1.807, 2.05) is 31.2 Å². The molecule has 0 bridgehead atoms. The number of rotatable bonds is 6. The summed E-state index contributed by atoms with van der Waals surface area (Å²) < 4.78 is 11.8. The summed E-state index contributed by atoms with van der Waals surface area (Å²) in [7, 11) is 0. The van der Waals surface area contributed by atoms with Crippen LogP contribution in [-0.4, -0.2) is 42.8 Å². The van der Waals surface area contributed by atoms with Crippen LogP contribution in [0.3, 0.4) is 0 Å². The van der Waals surface area contributed by atoms with Gasteiger partial charge in [0.15, 0.2) is 0 Å². The smallest absolute Gasteiger partial charge is 0.224 e. The Morgan fingerprint density at radius 2 is 1.94 bits per heavy atom. The second-order valence-corrected chi connectivity index (χ2v) is 7.72. The van der Waals surface area contributed by atoms with Crippen molar-refractivity contribution in [3.63, 3.8) is 0 Å². The normalized spacial score (nSPS) is 14.0. The number of aromatic nitrogens is 2. The van der Waals surface area contributed by atoms with Gasteiger partial charge in [-0.2, -0.15) is 10.2 Å². The lowest BCUT2D eigenvalue weighted by Crippen LogP contribution is -2.27. The SMILES string of the molecule is Cc1nc(Oc2cc(C#N)ccc2-c2ccc(CCN)cc2)cc(N2CCCOCC2)n1. The highest BCUT2D eigenvalue weighted by molar-refractivity contribution is 5.72. The number of nitrogens with zero attached hydrogens (tertiary/aromatic N) is 4. The number of hydrogen-bond acceptors (Lipinski definition) is 7. The van der Waals surface area contributed by atoms with E-state index in [0.717, 1.165) is 49.5 Å². The summed E-state index contributed by atoms with van der Waals surface area (Å²) in [4.78, 5) is 11.3. The molecule has 0 atom stereocenters. The molecule has 2 aromatic carbocycles. The number of ether oxygens (including phenoxy) is 2. The van der Waals surface area contributed by atoms with Crippen LogP contribution in [0.4, 0.5) is 5.82 Å². The van der Waals surface area contributed by atoms with Gasteiger partial charge in [0.1, 0.15) is 17.4 Å². The Balaban J connectivity index is 1.67. The first-order valence-electron chi connectivity index (χ1n) is 10.9. The molecule has 1 aliphatic heterocycles. The first kappa shape index (κ1) is 21.8. The Kier molecular flexibility index (Phi) is 6.95. The fraction of sp³-hybridized carbons (Fsp3) is 0.320. The molecule has 0 radical (unpaired) electrons. The van der Waals surface area contributed by atoms with Crippen LogP contribution in [0.25, 0.3) is 11.1 Å². The predicted octanol–water partition coefficient (Wildman–Crippen LogP) is 3.84. The minimum Gasteiger partial charge on any atom is -0.438 e. The van der Waals surface area contributed by atoms with E-state index in [4.69, 9.17) is 15.2 Å². The molecule has 2 heterocycles. The molecule has 0 amide bonds. The van der Waals surface area contributed by atoms with Crippen molar-refractivity contribution < 1.29 is 9.47 Å². The summed E-state index contributed by atoms with van der Waals surface area (Å²) in [6, 6.07) is 17.7. The predicted molar refractivity (Wildman–Crippen MR) is 124 cm³/mol. The van der Waals surface area contributed by atoms with Gasteiger partial charge < -0.3 is 20.1 Å². The largest absolute Gasteiger partial charge is 0.438 e. The minimum absolute atomic E-state index is 0.453. The molecule has 0 unspecified atom stereocenters. The third-order valence-corrected chi connectivity index (χ3v) is 5.37. The lowest BCUT2D eigenvalue weighted by Gasteiger charge is -2.21. The van der Waals surface area contributed by atoms with Crippen molar-refractivity contribution in [2.45, 2.75) is 19.8 Å². The van der Waals surface area contributed by atoms with Gasteiger partial charge in [-0.3, -0.25) is 0 Å².